The summed E-state index contributed by atoms with van der Waals surface area (Å²) in [5, 5.41) is 15.4. The monoisotopic (exact) mass is 204 g/mol. The number of pyridine rings is 1. The van der Waals surface area contributed by atoms with Gasteiger partial charge in [-0.15, -0.1) is 0 Å². The van der Waals surface area contributed by atoms with Crippen LogP contribution in [0.15, 0.2) is 36.1 Å². The van der Waals surface area contributed by atoms with Crippen LogP contribution in [0, 0.1) is 0 Å². The number of hydrogen-bond acceptors (Lipinski definition) is 5. The van der Waals surface area contributed by atoms with Gasteiger partial charge in [0.25, 0.3) is 0 Å². The quantitative estimate of drug-likeness (QED) is 0.304. The molecule has 0 unspecified atom stereocenters. The molecule has 0 spiro atoms. The van der Waals surface area contributed by atoms with Gasteiger partial charge in [0.15, 0.2) is 11.7 Å². The molecule has 0 fully saturated rings. The van der Waals surface area contributed by atoms with E-state index in [0.29, 0.717) is 11.4 Å². The van der Waals surface area contributed by atoms with Crippen LogP contribution in [0.1, 0.15) is 5.56 Å². The second-order valence-electron chi connectivity index (χ2n) is 2.70. The van der Waals surface area contributed by atoms with Gasteiger partial charge in [-0.2, -0.15) is 5.10 Å². The minimum atomic E-state index is -0.0198. The van der Waals surface area contributed by atoms with Crippen molar-refractivity contribution in [3.05, 3.63) is 36.5 Å². The maximum Gasteiger partial charge on any atom is 0.173 e. The number of oxime groups is 1. The van der Waals surface area contributed by atoms with E-state index < -0.39 is 0 Å². The van der Waals surface area contributed by atoms with Gasteiger partial charge in [-0.05, 0) is 12.1 Å². The Balaban J connectivity index is 2.57. The summed E-state index contributed by atoms with van der Waals surface area (Å²) in [7, 11) is 0. The third-order valence-electron chi connectivity index (χ3n) is 1.81. The standard InChI is InChI=1S/C8H8N6O/c9-7(13-15)6-2-1-3-11-8(6)14-5-10-4-12-14/h1-5,15H,(H2,9,13). The fourth-order valence-electron chi connectivity index (χ4n) is 1.15. The van der Waals surface area contributed by atoms with Gasteiger partial charge in [-0.1, -0.05) is 5.16 Å². The van der Waals surface area contributed by atoms with Crippen LogP contribution in [0.2, 0.25) is 0 Å². The summed E-state index contributed by atoms with van der Waals surface area (Å²) in [6.45, 7) is 0. The van der Waals surface area contributed by atoms with E-state index in [1.807, 2.05) is 0 Å². The van der Waals surface area contributed by atoms with Crippen LogP contribution in [0.4, 0.5) is 0 Å². The van der Waals surface area contributed by atoms with Crippen molar-refractivity contribution in [3.8, 4) is 5.82 Å². The maximum atomic E-state index is 8.60. The van der Waals surface area contributed by atoms with Crippen molar-refractivity contribution < 1.29 is 5.21 Å². The molecule has 0 amide bonds. The normalized spacial score (nSPS) is 11.6. The minimum absolute atomic E-state index is 0.0198. The Morgan fingerprint density at radius 3 is 3.07 bits per heavy atom. The lowest BCUT2D eigenvalue weighted by Gasteiger charge is -2.05. The fraction of sp³-hybridized carbons (Fsp3) is 0. The van der Waals surface area contributed by atoms with Crippen LogP contribution in [0.5, 0.6) is 0 Å². The number of nitrogens with two attached hydrogens (primary N) is 1. The van der Waals surface area contributed by atoms with Crippen LogP contribution < -0.4 is 5.73 Å². The van der Waals surface area contributed by atoms with Crippen molar-refractivity contribution in [1.29, 1.82) is 0 Å². The molecule has 0 saturated carbocycles. The third kappa shape index (κ3) is 1.62. The van der Waals surface area contributed by atoms with E-state index in [-0.39, 0.29) is 5.84 Å². The van der Waals surface area contributed by atoms with Crippen molar-refractivity contribution in [3.63, 3.8) is 0 Å². The molecule has 0 aromatic carbocycles. The smallest absolute Gasteiger partial charge is 0.173 e. The van der Waals surface area contributed by atoms with E-state index in [1.165, 1.54) is 17.3 Å². The molecule has 3 N–H and O–H groups in total. The van der Waals surface area contributed by atoms with Crippen molar-refractivity contribution in [2.75, 3.05) is 0 Å². The average Bonchev–Trinajstić information content (AvgIpc) is 2.81. The van der Waals surface area contributed by atoms with E-state index in [0.717, 1.165) is 0 Å². The van der Waals surface area contributed by atoms with Crippen LogP contribution in [-0.2, 0) is 0 Å². The van der Waals surface area contributed by atoms with Crippen LogP contribution >= 0.6 is 0 Å². The number of hydrogen-bond donors (Lipinski definition) is 2. The highest BCUT2D eigenvalue weighted by molar-refractivity contribution is 5.99. The molecule has 2 aromatic rings. The van der Waals surface area contributed by atoms with Gasteiger partial charge in [0.05, 0.1) is 5.56 Å². The zero-order valence-electron chi connectivity index (χ0n) is 7.65. The molecule has 2 aromatic heterocycles. The minimum Gasteiger partial charge on any atom is -0.409 e. The number of amidine groups is 1. The first-order valence-corrected chi connectivity index (χ1v) is 4.11. The van der Waals surface area contributed by atoms with Crippen molar-refractivity contribution in [2.24, 2.45) is 10.9 Å². The average molecular weight is 204 g/mol. The van der Waals surface area contributed by atoms with Gasteiger partial charge >= 0.3 is 0 Å². The Kier molecular flexibility index (Phi) is 2.28. The highest BCUT2D eigenvalue weighted by atomic mass is 16.4. The van der Waals surface area contributed by atoms with Crippen molar-refractivity contribution in [1.82, 2.24) is 19.7 Å². The Hall–Kier alpha value is -2.44. The lowest BCUT2D eigenvalue weighted by atomic mass is 10.2. The van der Waals surface area contributed by atoms with Crippen molar-refractivity contribution in [2.45, 2.75) is 0 Å². The van der Waals surface area contributed by atoms with E-state index in [4.69, 9.17) is 10.9 Å². The molecule has 0 atom stereocenters. The first kappa shape index (κ1) is 9.13. The summed E-state index contributed by atoms with van der Waals surface area (Å²) in [4.78, 5) is 7.87. The molecular formula is C8H8N6O. The summed E-state index contributed by atoms with van der Waals surface area (Å²) in [5.74, 6) is 0.443. The van der Waals surface area contributed by atoms with Crippen LogP contribution in [-0.4, -0.2) is 30.8 Å². The fourth-order valence-corrected chi connectivity index (χ4v) is 1.15. The van der Waals surface area contributed by atoms with Gasteiger partial charge in [0.1, 0.15) is 12.7 Å². The number of aromatic nitrogens is 4. The van der Waals surface area contributed by atoms with Gasteiger partial charge < -0.3 is 10.9 Å². The topological polar surface area (TPSA) is 102 Å². The predicted octanol–water partition coefficient (Wildman–Crippen LogP) is -0.243. The highest BCUT2D eigenvalue weighted by Gasteiger charge is 2.09. The summed E-state index contributed by atoms with van der Waals surface area (Å²) in [5.41, 5.74) is 5.99. The zero-order chi connectivity index (χ0) is 10.7. The molecule has 2 heterocycles. The molecule has 7 heteroatoms. The summed E-state index contributed by atoms with van der Waals surface area (Å²) < 4.78 is 1.44. The van der Waals surface area contributed by atoms with Crippen LogP contribution in [0.25, 0.3) is 5.82 Å². The second-order valence-corrected chi connectivity index (χ2v) is 2.70. The molecule has 0 aliphatic rings. The predicted molar refractivity (Wildman–Crippen MR) is 51.7 cm³/mol. The number of nitrogens with zero attached hydrogens (tertiary/aromatic N) is 5. The molecule has 0 aliphatic carbocycles. The number of rotatable bonds is 2. The molecule has 0 saturated heterocycles. The molecule has 7 nitrogen and oxygen atoms in total. The lowest BCUT2D eigenvalue weighted by Crippen LogP contribution is -2.17. The van der Waals surface area contributed by atoms with Crippen molar-refractivity contribution >= 4 is 5.84 Å². The van der Waals surface area contributed by atoms with E-state index in [9.17, 15) is 0 Å². The summed E-state index contributed by atoms with van der Waals surface area (Å²) in [6, 6.07) is 3.37. The Morgan fingerprint density at radius 1 is 1.53 bits per heavy atom. The van der Waals surface area contributed by atoms with Gasteiger partial charge in [-0.25, -0.2) is 14.6 Å². The Bertz CT molecular complexity index is 478. The lowest BCUT2D eigenvalue weighted by molar-refractivity contribution is 0.318. The first-order chi connectivity index (χ1) is 7.33. The van der Waals surface area contributed by atoms with E-state index in [2.05, 4.69) is 20.2 Å². The van der Waals surface area contributed by atoms with Gasteiger partial charge in [-0.3, -0.25) is 0 Å². The van der Waals surface area contributed by atoms with Gasteiger partial charge in [0, 0.05) is 6.20 Å². The summed E-state index contributed by atoms with van der Waals surface area (Å²) in [6.07, 6.45) is 4.45. The largest absolute Gasteiger partial charge is 0.409 e. The Morgan fingerprint density at radius 2 is 2.40 bits per heavy atom. The molecule has 76 valence electrons. The molecule has 0 bridgehead atoms. The zero-order valence-corrected chi connectivity index (χ0v) is 7.65. The summed E-state index contributed by atoms with van der Waals surface area (Å²) >= 11 is 0. The highest BCUT2D eigenvalue weighted by Crippen LogP contribution is 2.08. The SMILES string of the molecule is N/C(=N\O)c1cccnc1-n1cncn1. The third-order valence-corrected chi connectivity index (χ3v) is 1.81. The molecular weight excluding hydrogens is 196 g/mol. The second kappa shape index (κ2) is 3.74. The van der Waals surface area contributed by atoms with E-state index >= 15 is 0 Å². The first-order valence-electron chi connectivity index (χ1n) is 4.11. The Labute approximate surface area is 84.9 Å². The molecule has 2 rings (SSSR count). The molecule has 0 radical (unpaired) electrons. The molecule has 0 aliphatic heterocycles. The molecule has 15 heavy (non-hydrogen) atoms. The van der Waals surface area contributed by atoms with Gasteiger partial charge in [0.2, 0.25) is 0 Å². The van der Waals surface area contributed by atoms with E-state index in [1.54, 1.807) is 18.3 Å². The van der Waals surface area contributed by atoms with Crippen LogP contribution in [0.3, 0.4) is 0 Å². The maximum absolute atomic E-state index is 8.60.